The lowest BCUT2D eigenvalue weighted by Crippen LogP contribution is -2.22. The molecule has 2 aromatic rings. The summed E-state index contributed by atoms with van der Waals surface area (Å²) in [6.07, 6.45) is 1.44. The maximum Gasteiger partial charge on any atom is 0.261 e. The smallest absolute Gasteiger partial charge is 0.261 e. The number of anilines is 1. The second-order valence-corrected chi connectivity index (χ2v) is 4.80. The highest BCUT2D eigenvalue weighted by Crippen LogP contribution is 2.24. The van der Waals surface area contributed by atoms with Gasteiger partial charge in [-0.3, -0.25) is 9.59 Å². The fourth-order valence-electron chi connectivity index (χ4n) is 1.57. The molecule has 1 heterocycles. The van der Waals surface area contributed by atoms with Crippen molar-refractivity contribution in [1.29, 1.82) is 0 Å². The SMILES string of the molecule is Cc1cc(F)c(Br)cc1NC(=O)c1ccc[nH]c1=O. The summed E-state index contributed by atoms with van der Waals surface area (Å²) in [5, 5.41) is 2.58. The van der Waals surface area contributed by atoms with Crippen LogP contribution >= 0.6 is 15.9 Å². The number of carbonyl (C=O) groups excluding carboxylic acids is 1. The first-order chi connectivity index (χ1) is 8.99. The Bertz CT molecular complexity index is 697. The van der Waals surface area contributed by atoms with Crippen molar-refractivity contribution in [3.63, 3.8) is 0 Å². The van der Waals surface area contributed by atoms with Crippen molar-refractivity contribution in [3.8, 4) is 0 Å². The molecule has 0 unspecified atom stereocenters. The predicted octanol–water partition coefficient (Wildman–Crippen LogP) is 2.84. The molecule has 1 amide bonds. The average molecular weight is 325 g/mol. The first kappa shape index (κ1) is 13.5. The Morgan fingerprint density at radius 1 is 1.42 bits per heavy atom. The Morgan fingerprint density at radius 2 is 2.16 bits per heavy atom. The molecule has 0 atom stereocenters. The number of pyridine rings is 1. The van der Waals surface area contributed by atoms with E-state index in [2.05, 4.69) is 26.2 Å². The molecule has 1 aromatic heterocycles. The third-order valence-electron chi connectivity index (χ3n) is 2.58. The van der Waals surface area contributed by atoms with Gasteiger partial charge in [-0.2, -0.15) is 0 Å². The number of H-pyrrole nitrogens is 1. The zero-order valence-electron chi connectivity index (χ0n) is 9.96. The molecule has 0 aliphatic heterocycles. The number of halogens is 2. The van der Waals surface area contributed by atoms with Gasteiger partial charge in [0, 0.05) is 11.9 Å². The number of aryl methyl sites for hydroxylation is 1. The molecule has 2 N–H and O–H groups in total. The van der Waals surface area contributed by atoms with Gasteiger partial charge in [0.2, 0.25) is 0 Å². The minimum atomic E-state index is -0.538. The molecule has 0 saturated carbocycles. The normalized spacial score (nSPS) is 10.3. The van der Waals surface area contributed by atoms with Crippen molar-refractivity contribution in [2.45, 2.75) is 6.92 Å². The van der Waals surface area contributed by atoms with Crippen molar-refractivity contribution >= 4 is 27.5 Å². The first-order valence-corrected chi connectivity index (χ1v) is 6.23. The van der Waals surface area contributed by atoms with Crippen molar-refractivity contribution < 1.29 is 9.18 Å². The maximum absolute atomic E-state index is 13.3. The Morgan fingerprint density at radius 3 is 2.84 bits per heavy atom. The number of aromatic amines is 1. The fraction of sp³-hybridized carbons (Fsp3) is 0.0769. The van der Waals surface area contributed by atoms with Crippen LogP contribution in [0.1, 0.15) is 15.9 Å². The molecule has 0 aliphatic carbocycles. The minimum Gasteiger partial charge on any atom is -0.328 e. The van der Waals surface area contributed by atoms with Gasteiger partial charge in [-0.15, -0.1) is 0 Å². The average Bonchev–Trinajstić information content (AvgIpc) is 2.36. The van der Waals surface area contributed by atoms with E-state index >= 15 is 0 Å². The van der Waals surface area contributed by atoms with Gasteiger partial charge in [-0.25, -0.2) is 4.39 Å². The van der Waals surface area contributed by atoms with Gasteiger partial charge in [0.15, 0.2) is 0 Å². The number of hydrogen-bond acceptors (Lipinski definition) is 2. The number of hydrogen-bond donors (Lipinski definition) is 2. The van der Waals surface area contributed by atoms with Gasteiger partial charge in [0.1, 0.15) is 11.4 Å². The van der Waals surface area contributed by atoms with E-state index in [1.165, 1.54) is 24.4 Å². The van der Waals surface area contributed by atoms with Gasteiger partial charge in [0.25, 0.3) is 11.5 Å². The van der Waals surface area contributed by atoms with Crippen molar-refractivity contribution in [2.75, 3.05) is 5.32 Å². The van der Waals surface area contributed by atoms with E-state index in [1.807, 2.05) is 0 Å². The number of nitrogens with one attached hydrogen (secondary N) is 2. The minimum absolute atomic E-state index is 0.00217. The number of rotatable bonds is 2. The molecule has 1 aromatic carbocycles. The van der Waals surface area contributed by atoms with Gasteiger partial charge in [-0.1, -0.05) is 0 Å². The standard InChI is InChI=1S/C13H10BrFN2O2/c1-7-5-10(15)9(14)6-11(7)17-13(19)8-3-2-4-16-12(8)18/h2-6H,1H3,(H,16,18)(H,17,19). The van der Waals surface area contributed by atoms with Gasteiger partial charge in [-0.05, 0) is 52.7 Å². The molecule has 0 fully saturated rings. The summed E-state index contributed by atoms with van der Waals surface area (Å²) >= 11 is 3.05. The molecule has 0 spiro atoms. The number of carbonyl (C=O) groups is 1. The molecular formula is C13H10BrFN2O2. The van der Waals surface area contributed by atoms with E-state index in [1.54, 1.807) is 13.0 Å². The fourth-order valence-corrected chi connectivity index (χ4v) is 1.91. The summed E-state index contributed by atoms with van der Waals surface area (Å²) in [6.45, 7) is 1.67. The highest BCUT2D eigenvalue weighted by Gasteiger charge is 2.12. The van der Waals surface area contributed by atoms with Crippen LogP contribution < -0.4 is 10.9 Å². The van der Waals surface area contributed by atoms with Crippen LogP contribution in [0.5, 0.6) is 0 Å². The molecular weight excluding hydrogens is 315 g/mol. The van der Waals surface area contributed by atoms with E-state index in [-0.39, 0.29) is 10.0 Å². The molecule has 0 saturated heterocycles. The summed E-state index contributed by atoms with van der Waals surface area (Å²) in [5.41, 5.74) is 0.545. The molecule has 0 aliphatic rings. The zero-order chi connectivity index (χ0) is 14.0. The van der Waals surface area contributed by atoms with Crippen molar-refractivity contribution in [3.05, 3.63) is 62.2 Å². The molecule has 6 heteroatoms. The largest absolute Gasteiger partial charge is 0.328 e. The number of amides is 1. The molecule has 19 heavy (non-hydrogen) atoms. The zero-order valence-corrected chi connectivity index (χ0v) is 11.5. The third kappa shape index (κ3) is 2.90. The lowest BCUT2D eigenvalue weighted by Gasteiger charge is -2.09. The van der Waals surface area contributed by atoms with Crippen LogP contribution in [0, 0.1) is 12.7 Å². The molecule has 0 radical (unpaired) electrons. The van der Waals surface area contributed by atoms with Crippen LogP contribution in [-0.2, 0) is 0 Å². The number of aromatic nitrogens is 1. The molecule has 98 valence electrons. The van der Waals surface area contributed by atoms with E-state index in [0.29, 0.717) is 11.3 Å². The number of benzene rings is 1. The van der Waals surface area contributed by atoms with Crippen LogP contribution in [0.25, 0.3) is 0 Å². The molecule has 0 bridgehead atoms. The second-order valence-electron chi connectivity index (χ2n) is 3.95. The van der Waals surface area contributed by atoms with E-state index in [9.17, 15) is 14.0 Å². The summed E-state index contributed by atoms with van der Waals surface area (Å²) in [5.74, 6) is -0.948. The first-order valence-electron chi connectivity index (χ1n) is 5.43. The molecule has 2 rings (SSSR count). The highest BCUT2D eigenvalue weighted by atomic mass is 79.9. The summed E-state index contributed by atoms with van der Waals surface area (Å²) in [7, 11) is 0. The molecule has 4 nitrogen and oxygen atoms in total. The third-order valence-corrected chi connectivity index (χ3v) is 3.19. The van der Waals surface area contributed by atoms with Crippen molar-refractivity contribution in [1.82, 2.24) is 4.98 Å². The second kappa shape index (κ2) is 5.36. The summed E-state index contributed by atoms with van der Waals surface area (Å²) in [6, 6.07) is 5.74. The van der Waals surface area contributed by atoms with Gasteiger partial charge >= 0.3 is 0 Å². The lowest BCUT2D eigenvalue weighted by atomic mass is 10.2. The van der Waals surface area contributed by atoms with Crippen LogP contribution in [-0.4, -0.2) is 10.9 Å². The Kier molecular flexibility index (Phi) is 3.80. The van der Waals surface area contributed by atoms with E-state index < -0.39 is 17.3 Å². The Balaban J connectivity index is 2.32. The van der Waals surface area contributed by atoms with E-state index in [0.717, 1.165) is 0 Å². The maximum atomic E-state index is 13.3. The topological polar surface area (TPSA) is 62.0 Å². The van der Waals surface area contributed by atoms with E-state index in [4.69, 9.17) is 0 Å². The summed E-state index contributed by atoms with van der Waals surface area (Å²) in [4.78, 5) is 25.8. The highest BCUT2D eigenvalue weighted by molar-refractivity contribution is 9.10. The Hall–Kier alpha value is -1.95. The quantitative estimate of drug-likeness (QED) is 0.892. The summed E-state index contributed by atoms with van der Waals surface area (Å²) < 4.78 is 13.5. The van der Waals surface area contributed by atoms with Crippen LogP contribution in [0.15, 0.2) is 39.7 Å². The van der Waals surface area contributed by atoms with Crippen molar-refractivity contribution in [2.24, 2.45) is 0 Å². The monoisotopic (exact) mass is 324 g/mol. The lowest BCUT2D eigenvalue weighted by molar-refractivity contribution is 0.102. The predicted molar refractivity (Wildman–Crippen MR) is 73.9 cm³/mol. The van der Waals surface area contributed by atoms with Crippen LogP contribution in [0.3, 0.4) is 0 Å². The Labute approximate surface area is 116 Å². The van der Waals surface area contributed by atoms with Crippen LogP contribution in [0.2, 0.25) is 0 Å². The van der Waals surface area contributed by atoms with Gasteiger partial charge < -0.3 is 10.3 Å². The van der Waals surface area contributed by atoms with Crippen LogP contribution in [0.4, 0.5) is 10.1 Å². The van der Waals surface area contributed by atoms with Gasteiger partial charge in [0.05, 0.1) is 4.47 Å².